The molecule has 4 rings (SSSR count). The molecule has 0 fully saturated rings. The lowest BCUT2D eigenvalue weighted by Gasteiger charge is -2.10. The Labute approximate surface area is 173 Å². The molecular weight excluding hydrogens is 386 g/mol. The molecule has 0 aliphatic rings. The van der Waals surface area contributed by atoms with E-state index in [2.05, 4.69) is 15.6 Å². The van der Waals surface area contributed by atoms with E-state index in [0.29, 0.717) is 23.9 Å². The highest BCUT2D eigenvalue weighted by Gasteiger charge is 2.21. The summed E-state index contributed by atoms with van der Waals surface area (Å²) in [4.78, 5) is 12.9. The van der Waals surface area contributed by atoms with E-state index >= 15 is 0 Å². The molecule has 29 heavy (non-hydrogen) atoms. The Hall–Kier alpha value is -3.38. The Morgan fingerprint density at radius 2 is 1.86 bits per heavy atom. The van der Waals surface area contributed by atoms with Crippen LogP contribution in [0.3, 0.4) is 0 Å². The van der Waals surface area contributed by atoms with Crippen molar-refractivity contribution in [1.82, 2.24) is 24.9 Å². The van der Waals surface area contributed by atoms with Crippen LogP contribution < -0.4 is 5.32 Å². The van der Waals surface area contributed by atoms with Crippen molar-refractivity contribution in [2.75, 3.05) is 0 Å². The number of carbonyl (C=O) groups is 1. The summed E-state index contributed by atoms with van der Waals surface area (Å²) in [5.74, 6) is 0.339. The Kier molecular flexibility index (Phi) is 5.44. The van der Waals surface area contributed by atoms with E-state index in [1.807, 2.05) is 84.5 Å². The highest BCUT2D eigenvalue weighted by Crippen LogP contribution is 2.17. The molecule has 2 heterocycles. The largest absolute Gasteiger partial charge is 0.346 e. The van der Waals surface area contributed by atoms with Gasteiger partial charge in [0.2, 0.25) is 0 Å². The van der Waals surface area contributed by atoms with E-state index < -0.39 is 0 Å². The maximum atomic E-state index is 12.9. The van der Waals surface area contributed by atoms with Crippen molar-refractivity contribution in [3.63, 3.8) is 0 Å². The summed E-state index contributed by atoms with van der Waals surface area (Å²) in [7, 11) is 0. The third-order valence-electron chi connectivity index (χ3n) is 4.70. The molecule has 0 saturated carbocycles. The monoisotopic (exact) mass is 405 g/mol. The van der Waals surface area contributed by atoms with Gasteiger partial charge in [-0.15, -0.1) is 5.10 Å². The van der Waals surface area contributed by atoms with Gasteiger partial charge in [-0.05, 0) is 47.9 Å². The molecule has 1 N–H and O–H groups in total. The molecule has 0 aliphatic heterocycles. The van der Waals surface area contributed by atoms with E-state index in [9.17, 15) is 4.79 Å². The van der Waals surface area contributed by atoms with Gasteiger partial charge in [0.25, 0.3) is 5.91 Å². The summed E-state index contributed by atoms with van der Waals surface area (Å²) in [6.45, 7) is 2.90. The summed E-state index contributed by atoms with van der Waals surface area (Å²) in [5, 5.41) is 12.0. The SMILES string of the molecule is Cc1ccccc1CNC(=O)c1nnn(Cc2cccc(Cl)c2)c1-n1cccc1. The van der Waals surface area contributed by atoms with Crippen LogP contribution in [0.1, 0.15) is 27.2 Å². The number of hydrogen-bond acceptors (Lipinski definition) is 3. The number of aromatic nitrogens is 4. The molecule has 7 heteroatoms. The van der Waals surface area contributed by atoms with Crippen LogP contribution in [-0.2, 0) is 13.1 Å². The second-order valence-corrected chi connectivity index (χ2v) is 7.19. The predicted molar refractivity (Wildman–Crippen MR) is 112 cm³/mol. The first-order valence-electron chi connectivity index (χ1n) is 9.26. The molecule has 6 nitrogen and oxygen atoms in total. The van der Waals surface area contributed by atoms with Gasteiger partial charge in [-0.3, -0.25) is 4.79 Å². The Balaban J connectivity index is 1.62. The molecule has 1 amide bonds. The molecule has 0 atom stereocenters. The van der Waals surface area contributed by atoms with Crippen LogP contribution in [0.25, 0.3) is 5.82 Å². The third kappa shape index (κ3) is 4.22. The van der Waals surface area contributed by atoms with Crippen LogP contribution >= 0.6 is 11.6 Å². The zero-order valence-electron chi connectivity index (χ0n) is 15.9. The van der Waals surface area contributed by atoms with Gasteiger partial charge in [-0.1, -0.05) is 53.2 Å². The second-order valence-electron chi connectivity index (χ2n) is 6.75. The zero-order valence-corrected chi connectivity index (χ0v) is 16.7. The standard InChI is InChI=1S/C22H20ClN5O/c1-16-7-2-3-9-18(16)14-24-21(29)20-22(27-11-4-5-12-27)28(26-25-20)15-17-8-6-10-19(23)13-17/h2-13H,14-15H2,1H3,(H,24,29). The lowest BCUT2D eigenvalue weighted by molar-refractivity contribution is 0.0945. The van der Waals surface area contributed by atoms with Gasteiger partial charge in [0.15, 0.2) is 11.5 Å². The highest BCUT2D eigenvalue weighted by molar-refractivity contribution is 6.30. The maximum absolute atomic E-state index is 12.9. The second kappa shape index (κ2) is 8.32. The number of hydrogen-bond donors (Lipinski definition) is 1. The van der Waals surface area contributed by atoms with Crippen LogP contribution in [0.2, 0.25) is 5.02 Å². The van der Waals surface area contributed by atoms with Gasteiger partial charge in [-0.2, -0.15) is 0 Å². The maximum Gasteiger partial charge on any atom is 0.276 e. The molecule has 0 saturated heterocycles. The summed E-state index contributed by atoms with van der Waals surface area (Å²) in [6.07, 6.45) is 3.73. The van der Waals surface area contributed by atoms with Crippen molar-refractivity contribution in [2.45, 2.75) is 20.0 Å². The zero-order chi connectivity index (χ0) is 20.2. The van der Waals surface area contributed by atoms with Gasteiger partial charge in [0.1, 0.15) is 0 Å². The molecule has 0 unspecified atom stereocenters. The Bertz CT molecular complexity index is 1130. The highest BCUT2D eigenvalue weighted by atomic mass is 35.5. The Morgan fingerprint density at radius 1 is 1.07 bits per heavy atom. The van der Waals surface area contributed by atoms with Crippen molar-refractivity contribution >= 4 is 17.5 Å². The average molecular weight is 406 g/mol. The number of carbonyl (C=O) groups excluding carboxylic acids is 1. The van der Waals surface area contributed by atoms with E-state index in [4.69, 9.17) is 11.6 Å². The quantitative estimate of drug-likeness (QED) is 0.527. The van der Waals surface area contributed by atoms with Gasteiger partial charge >= 0.3 is 0 Å². The molecule has 146 valence electrons. The van der Waals surface area contributed by atoms with Gasteiger partial charge < -0.3 is 9.88 Å². The molecule has 0 spiro atoms. The lowest BCUT2D eigenvalue weighted by Crippen LogP contribution is -2.25. The molecule has 4 aromatic rings. The van der Waals surface area contributed by atoms with Crippen molar-refractivity contribution in [1.29, 1.82) is 0 Å². The number of rotatable bonds is 6. The van der Waals surface area contributed by atoms with Gasteiger partial charge in [0.05, 0.1) is 6.54 Å². The van der Waals surface area contributed by atoms with Crippen molar-refractivity contribution in [3.05, 3.63) is 100 Å². The summed E-state index contributed by atoms with van der Waals surface area (Å²) >= 11 is 6.10. The Morgan fingerprint density at radius 3 is 2.62 bits per heavy atom. The predicted octanol–water partition coefficient (Wildman–Crippen LogP) is 4.01. The molecule has 2 aromatic carbocycles. The van der Waals surface area contributed by atoms with E-state index in [0.717, 1.165) is 16.7 Å². The fourth-order valence-electron chi connectivity index (χ4n) is 3.17. The molecular formula is C22H20ClN5O. The smallest absolute Gasteiger partial charge is 0.276 e. The minimum atomic E-state index is -0.269. The average Bonchev–Trinajstić information content (AvgIpc) is 3.37. The summed E-state index contributed by atoms with van der Waals surface area (Å²) in [5.41, 5.74) is 3.44. The molecule has 0 radical (unpaired) electrons. The van der Waals surface area contributed by atoms with Crippen LogP contribution in [0.5, 0.6) is 0 Å². The van der Waals surface area contributed by atoms with Crippen LogP contribution in [-0.4, -0.2) is 25.5 Å². The molecule has 2 aromatic heterocycles. The number of nitrogens with one attached hydrogen (secondary N) is 1. The number of aryl methyl sites for hydroxylation is 1. The van der Waals surface area contributed by atoms with Crippen LogP contribution in [0.15, 0.2) is 73.1 Å². The molecule has 0 bridgehead atoms. The van der Waals surface area contributed by atoms with Crippen molar-refractivity contribution in [3.8, 4) is 5.82 Å². The van der Waals surface area contributed by atoms with Gasteiger partial charge in [-0.25, -0.2) is 4.68 Å². The topological polar surface area (TPSA) is 64.7 Å². The first kappa shape index (κ1) is 19.0. The molecule has 0 aliphatic carbocycles. The fourth-order valence-corrected chi connectivity index (χ4v) is 3.38. The van der Waals surface area contributed by atoms with Gasteiger partial charge in [0, 0.05) is 24.0 Å². The first-order chi connectivity index (χ1) is 14.1. The number of amides is 1. The third-order valence-corrected chi connectivity index (χ3v) is 4.93. The normalized spacial score (nSPS) is 10.8. The van der Waals surface area contributed by atoms with Crippen LogP contribution in [0.4, 0.5) is 0 Å². The minimum absolute atomic E-state index is 0.269. The van der Waals surface area contributed by atoms with Crippen LogP contribution in [0, 0.1) is 6.92 Å². The van der Waals surface area contributed by atoms with E-state index in [1.165, 1.54) is 0 Å². The number of benzene rings is 2. The minimum Gasteiger partial charge on any atom is -0.346 e. The number of nitrogens with zero attached hydrogens (tertiary/aromatic N) is 4. The number of halogens is 1. The van der Waals surface area contributed by atoms with Crippen molar-refractivity contribution < 1.29 is 4.79 Å². The van der Waals surface area contributed by atoms with Crippen molar-refractivity contribution in [2.24, 2.45) is 0 Å². The summed E-state index contributed by atoms with van der Waals surface area (Å²) < 4.78 is 3.54. The first-order valence-corrected chi connectivity index (χ1v) is 9.63. The van der Waals surface area contributed by atoms with E-state index in [1.54, 1.807) is 4.68 Å². The summed E-state index contributed by atoms with van der Waals surface area (Å²) in [6, 6.07) is 19.3. The lowest BCUT2D eigenvalue weighted by atomic mass is 10.1. The van der Waals surface area contributed by atoms with E-state index in [-0.39, 0.29) is 11.6 Å². The fraction of sp³-hybridized carbons (Fsp3) is 0.136.